The number of aliphatic hydroxyl groups is 1. The number of nitrogens with zero attached hydrogens (tertiary/aromatic N) is 1. The van der Waals surface area contributed by atoms with Gasteiger partial charge in [0, 0.05) is 17.0 Å². The number of pyridine rings is 1. The second-order valence-corrected chi connectivity index (χ2v) is 5.76. The first-order valence-corrected chi connectivity index (χ1v) is 6.82. The normalized spacial score (nSPS) is 23.0. The number of aliphatic hydroxyl groups excluding tert-OH is 1. The lowest BCUT2D eigenvalue weighted by molar-refractivity contribution is 0.169. The predicted molar refractivity (Wildman–Crippen MR) is 68.7 cm³/mol. The van der Waals surface area contributed by atoms with Crippen LogP contribution < -0.4 is 5.73 Å². The molecule has 0 spiro atoms. The Morgan fingerprint density at radius 1 is 1.56 bits per heavy atom. The van der Waals surface area contributed by atoms with Gasteiger partial charge < -0.3 is 10.8 Å². The zero-order chi connectivity index (χ0) is 11.5. The van der Waals surface area contributed by atoms with E-state index >= 15 is 0 Å². The molecule has 3 N–H and O–H groups in total. The Hall–Kier alpha value is -0.450. The van der Waals surface area contributed by atoms with Gasteiger partial charge in [-0.2, -0.15) is 11.8 Å². The van der Waals surface area contributed by atoms with Gasteiger partial charge in [0.05, 0.1) is 11.1 Å². The highest BCUT2D eigenvalue weighted by atomic mass is 35.5. The summed E-state index contributed by atoms with van der Waals surface area (Å²) in [4.78, 5) is 3.97. The van der Waals surface area contributed by atoms with Crippen molar-refractivity contribution in [2.24, 2.45) is 0 Å². The average molecular weight is 259 g/mol. The van der Waals surface area contributed by atoms with Gasteiger partial charge in [0.15, 0.2) is 0 Å². The van der Waals surface area contributed by atoms with Crippen molar-refractivity contribution >= 4 is 29.2 Å². The van der Waals surface area contributed by atoms with Gasteiger partial charge in [0.2, 0.25) is 0 Å². The highest BCUT2D eigenvalue weighted by Crippen LogP contribution is 2.36. The second-order valence-electron chi connectivity index (χ2n) is 3.98. The Labute approximate surface area is 104 Å². The van der Waals surface area contributed by atoms with Crippen LogP contribution in [0.25, 0.3) is 0 Å². The van der Waals surface area contributed by atoms with Crippen LogP contribution in [0.4, 0.5) is 5.82 Å². The fourth-order valence-electron chi connectivity index (χ4n) is 1.92. The summed E-state index contributed by atoms with van der Waals surface area (Å²) in [7, 11) is 0. The second kappa shape index (κ2) is 5.25. The highest BCUT2D eigenvalue weighted by molar-refractivity contribution is 7.99. The number of nitrogen functional groups attached to an aromatic ring is 1. The Balaban J connectivity index is 2.18. The van der Waals surface area contributed by atoms with E-state index in [0.717, 1.165) is 12.2 Å². The maximum Gasteiger partial charge on any atom is 0.129 e. The summed E-state index contributed by atoms with van der Waals surface area (Å²) in [6, 6.07) is 1.71. The fraction of sp³-hybridized carbons (Fsp3) is 0.545. The van der Waals surface area contributed by atoms with Crippen molar-refractivity contribution in [1.82, 2.24) is 4.98 Å². The minimum absolute atomic E-state index is 0.219. The van der Waals surface area contributed by atoms with Crippen LogP contribution in [-0.2, 0) is 0 Å². The van der Waals surface area contributed by atoms with Gasteiger partial charge >= 0.3 is 0 Å². The Bertz CT molecular complexity index is 369. The van der Waals surface area contributed by atoms with E-state index in [0.29, 0.717) is 16.4 Å². The molecule has 88 valence electrons. The van der Waals surface area contributed by atoms with Crippen molar-refractivity contribution in [2.75, 3.05) is 11.5 Å². The molecule has 2 rings (SSSR count). The van der Waals surface area contributed by atoms with E-state index in [2.05, 4.69) is 4.98 Å². The van der Waals surface area contributed by atoms with Crippen molar-refractivity contribution in [3.8, 4) is 0 Å². The van der Waals surface area contributed by atoms with E-state index in [1.165, 1.54) is 19.0 Å². The SMILES string of the molecule is Nc1ncc(Cl)cc1C(O)C1CCCCS1. The number of hydrogen-bond donors (Lipinski definition) is 2. The molecule has 1 fully saturated rings. The van der Waals surface area contributed by atoms with Crippen molar-refractivity contribution in [1.29, 1.82) is 0 Å². The third kappa shape index (κ3) is 2.62. The van der Waals surface area contributed by atoms with Gasteiger partial charge in [0.1, 0.15) is 5.82 Å². The van der Waals surface area contributed by atoms with Crippen LogP contribution in [0.3, 0.4) is 0 Å². The summed E-state index contributed by atoms with van der Waals surface area (Å²) in [5, 5.41) is 11.0. The topological polar surface area (TPSA) is 59.1 Å². The largest absolute Gasteiger partial charge is 0.387 e. The molecule has 2 atom stereocenters. The van der Waals surface area contributed by atoms with Crippen LogP contribution in [0.5, 0.6) is 0 Å². The van der Waals surface area contributed by atoms with E-state index in [1.807, 2.05) is 0 Å². The number of rotatable bonds is 2. The van der Waals surface area contributed by atoms with Crippen LogP contribution in [0.15, 0.2) is 12.3 Å². The smallest absolute Gasteiger partial charge is 0.129 e. The molecule has 1 aromatic rings. The summed E-state index contributed by atoms with van der Waals surface area (Å²) >= 11 is 7.67. The highest BCUT2D eigenvalue weighted by Gasteiger charge is 2.25. The van der Waals surface area contributed by atoms with E-state index in [9.17, 15) is 5.11 Å². The van der Waals surface area contributed by atoms with E-state index in [-0.39, 0.29) is 5.25 Å². The molecule has 5 heteroatoms. The zero-order valence-corrected chi connectivity index (χ0v) is 10.5. The summed E-state index contributed by atoms with van der Waals surface area (Å²) in [6.07, 6.45) is 4.37. The van der Waals surface area contributed by atoms with Crippen LogP contribution in [-0.4, -0.2) is 21.1 Å². The standard InChI is InChI=1S/C11H15ClN2OS/c12-7-5-8(11(13)14-6-7)10(15)9-3-1-2-4-16-9/h5-6,9-10,15H,1-4H2,(H2,13,14). The van der Waals surface area contributed by atoms with Gasteiger partial charge in [-0.1, -0.05) is 18.0 Å². The number of aromatic nitrogens is 1. The molecule has 16 heavy (non-hydrogen) atoms. The van der Waals surface area contributed by atoms with Crippen molar-refractivity contribution in [3.05, 3.63) is 22.8 Å². The summed E-state index contributed by atoms with van der Waals surface area (Å²) in [5.74, 6) is 1.48. The molecule has 0 aromatic carbocycles. The number of halogens is 1. The fourth-order valence-corrected chi connectivity index (χ4v) is 3.42. The predicted octanol–water partition coefficient (Wildman–Crippen LogP) is 2.64. The summed E-state index contributed by atoms with van der Waals surface area (Å²) in [5.41, 5.74) is 6.42. The molecule has 1 saturated heterocycles. The van der Waals surface area contributed by atoms with Crippen molar-refractivity contribution in [3.63, 3.8) is 0 Å². The third-order valence-electron chi connectivity index (χ3n) is 2.80. The van der Waals surface area contributed by atoms with Crippen molar-refractivity contribution < 1.29 is 5.11 Å². The Morgan fingerprint density at radius 2 is 2.38 bits per heavy atom. The quantitative estimate of drug-likeness (QED) is 0.856. The first kappa shape index (κ1) is 12.0. The van der Waals surface area contributed by atoms with Crippen molar-refractivity contribution in [2.45, 2.75) is 30.6 Å². The molecule has 0 radical (unpaired) electrons. The molecule has 2 unspecified atom stereocenters. The molecule has 0 bridgehead atoms. The van der Waals surface area contributed by atoms with Gasteiger partial charge in [-0.25, -0.2) is 4.98 Å². The number of nitrogens with two attached hydrogens (primary N) is 1. The lowest BCUT2D eigenvalue weighted by Gasteiger charge is -2.26. The lowest BCUT2D eigenvalue weighted by Crippen LogP contribution is -2.20. The molecule has 1 aliphatic rings. The van der Waals surface area contributed by atoms with Gasteiger partial charge in [-0.15, -0.1) is 0 Å². The van der Waals surface area contributed by atoms with E-state index < -0.39 is 6.10 Å². The lowest BCUT2D eigenvalue weighted by atomic mass is 10.0. The maximum atomic E-state index is 10.3. The molecular weight excluding hydrogens is 244 g/mol. The average Bonchev–Trinajstić information content (AvgIpc) is 2.32. The van der Waals surface area contributed by atoms with E-state index in [4.69, 9.17) is 17.3 Å². The van der Waals surface area contributed by atoms with Crippen LogP contribution >= 0.6 is 23.4 Å². The van der Waals surface area contributed by atoms with Gasteiger partial charge in [0.25, 0.3) is 0 Å². The van der Waals surface area contributed by atoms with E-state index in [1.54, 1.807) is 17.8 Å². The number of hydrogen-bond acceptors (Lipinski definition) is 4. The number of thioether (sulfide) groups is 1. The van der Waals surface area contributed by atoms with Crippen LogP contribution in [0, 0.1) is 0 Å². The maximum absolute atomic E-state index is 10.3. The van der Waals surface area contributed by atoms with Crippen LogP contribution in [0.2, 0.25) is 5.02 Å². The first-order valence-electron chi connectivity index (χ1n) is 5.39. The molecule has 0 aliphatic carbocycles. The summed E-state index contributed by atoms with van der Waals surface area (Å²) in [6.45, 7) is 0. The summed E-state index contributed by atoms with van der Waals surface area (Å²) < 4.78 is 0. The number of anilines is 1. The molecule has 0 saturated carbocycles. The minimum atomic E-state index is -0.559. The molecule has 3 nitrogen and oxygen atoms in total. The third-order valence-corrected chi connectivity index (χ3v) is 4.45. The van der Waals surface area contributed by atoms with Crippen LogP contribution in [0.1, 0.15) is 30.9 Å². The van der Waals surface area contributed by atoms with Gasteiger partial charge in [-0.05, 0) is 24.7 Å². The Kier molecular flexibility index (Phi) is 3.95. The monoisotopic (exact) mass is 258 g/mol. The molecule has 2 heterocycles. The molecule has 1 aliphatic heterocycles. The van der Waals surface area contributed by atoms with Gasteiger partial charge in [-0.3, -0.25) is 0 Å². The zero-order valence-electron chi connectivity index (χ0n) is 8.90. The Morgan fingerprint density at radius 3 is 3.06 bits per heavy atom. The molecular formula is C11H15ClN2OS. The first-order chi connectivity index (χ1) is 7.68. The molecule has 1 aromatic heterocycles. The minimum Gasteiger partial charge on any atom is -0.387 e. The molecule has 0 amide bonds.